The van der Waals surface area contributed by atoms with Crippen molar-refractivity contribution in [2.24, 2.45) is 0 Å². The summed E-state index contributed by atoms with van der Waals surface area (Å²) in [6.45, 7) is 0.781. The number of aliphatic hydroxyl groups excluding tert-OH is 1. The lowest BCUT2D eigenvalue weighted by atomic mass is 10.2. The van der Waals surface area contributed by atoms with Crippen LogP contribution in [0.1, 0.15) is 12.0 Å². The van der Waals surface area contributed by atoms with Gasteiger partial charge in [0.25, 0.3) is 0 Å². The minimum absolute atomic E-state index is 0.0506. The van der Waals surface area contributed by atoms with Crippen molar-refractivity contribution >= 4 is 11.6 Å². The van der Waals surface area contributed by atoms with Gasteiger partial charge in [-0.1, -0.05) is 12.1 Å². The van der Waals surface area contributed by atoms with Crippen LogP contribution in [-0.2, 0) is 11.4 Å². The molecule has 0 saturated carbocycles. The van der Waals surface area contributed by atoms with Gasteiger partial charge in [-0.3, -0.25) is 14.8 Å². The van der Waals surface area contributed by atoms with Gasteiger partial charge < -0.3 is 5.11 Å². The third-order valence-electron chi connectivity index (χ3n) is 2.68. The number of carbonyl (C=O) groups is 1. The summed E-state index contributed by atoms with van der Waals surface area (Å²) in [4.78, 5) is 11.3. The lowest BCUT2D eigenvalue weighted by molar-refractivity contribution is -0.126. The molecule has 1 saturated heterocycles. The van der Waals surface area contributed by atoms with Crippen LogP contribution in [0.15, 0.2) is 24.3 Å². The number of aliphatic hydroxyl groups is 1. The van der Waals surface area contributed by atoms with Crippen LogP contribution < -0.4 is 5.01 Å². The summed E-state index contributed by atoms with van der Waals surface area (Å²) in [5.41, 5.74) is 1.87. The smallest absolute Gasteiger partial charge is 0.242 e. The first kappa shape index (κ1) is 9.98. The van der Waals surface area contributed by atoms with Gasteiger partial charge in [0, 0.05) is 20.0 Å². The highest BCUT2D eigenvalue weighted by Gasteiger charge is 2.25. The Hall–Kier alpha value is -1.55. The van der Waals surface area contributed by atoms with Crippen molar-refractivity contribution in [1.29, 1.82) is 0 Å². The van der Waals surface area contributed by atoms with Crippen molar-refractivity contribution in [1.82, 2.24) is 5.01 Å². The van der Waals surface area contributed by atoms with Crippen LogP contribution in [0.25, 0.3) is 0 Å². The highest BCUT2D eigenvalue weighted by Crippen LogP contribution is 2.21. The Bertz CT molecular complexity index is 361. The summed E-state index contributed by atoms with van der Waals surface area (Å²) in [7, 11) is 1.77. The lowest BCUT2D eigenvalue weighted by Crippen LogP contribution is -2.35. The number of hydrogen-bond donors (Lipinski definition) is 1. The first-order valence-corrected chi connectivity index (χ1v) is 4.96. The number of rotatable bonds is 2. The molecule has 80 valence electrons. The normalized spacial score (nSPS) is 16.3. The van der Waals surface area contributed by atoms with Crippen LogP contribution in [0, 0.1) is 0 Å². The SMILES string of the molecule is CN1C(=O)CCN1c1ccc(CO)cc1. The zero-order valence-electron chi connectivity index (χ0n) is 8.68. The Labute approximate surface area is 88.7 Å². The Morgan fingerprint density at radius 1 is 1.33 bits per heavy atom. The van der Waals surface area contributed by atoms with Gasteiger partial charge in [-0.25, -0.2) is 0 Å². The molecule has 2 rings (SSSR count). The maximum absolute atomic E-state index is 11.3. The minimum Gasteiger partial charge on any atom is -0.392 e. The zero-order chi connectivity index (χ0) is 10.8. The molecule has 1 aliphatic rings. The van der Waals surface area contributed by atoms with Gasteiger partial charge in [-0.05, 0) is 17.7 Å². The van der Waals surface area contributed by atoms with Crippen LogP contribution in [0.3, 0.4) is 0 Å². The summed E-state index contributed by atoms with van der Waals surface area (Å²) in [5.74, 6) is 0.140. The van der Waals surface area contributed by atoms with E-state index in [1.807, 2.05) is 29.3 Å². The van der Waals surface area contributed by atoms with E-state index in [2.05, 4.69) is 0 Å². The van der Waals surface area contributed by atoms with E-state index in [1.165, 1.54) is 0 Å². The fourth-order valence-electron chi connectivity index (χ4n) is 1.72. The lowest BCUT2D eigenvalue weighted by Gasteiger charge is -2.26. The standard InChI is InChI=1S/C11H14N2O2/c1-12-11(15)6-7-13(12)10-4-2-9(8-14)3-5-10/h2-5,14H,6-8H2,1H3. The molecule has 1 amide bonds. The van der Waals surface area contributed by atoms with Crippen molar-refractivity contribution in [3.8, 4) is 0 Å². The van der Waals surface area contributed by atoms with E-state index < -0.39 is 0 Å². The van der Waals surface area contributed by atoms with E-state index in [9.17, 15) is 4.79 Å². The Kier molecular flexibility index (Phi) is 2.60. The van der Waals surface area contributed by atoms with Crippen molar-refractivity contribution < 1.29 is 9.90 Å². The fourth-order valence-corrected chi connectivity index (χ4v) is 1.72. The van der Waals surface area contributed by atoms with Crippen LogP contribution >= 0.6 is 0 Å². The molecule has 0 spiro atoms. The van der Waals surface area contributed by atoms with Crippen LogP contribution in [0.2, 0.25) is 0 Å². The molecule has 0 aliphatic carbocycles. The summed E-state index contributed by atoms with van der Waals surface area (Å²) in [6, 6.07) is 7.57. The molecule has 1 heterocycles. The maximum atomic E-state index is 11.3. The Morgan fingerprint density at radius 3 is 2.47 bits per heavy atom. The number of hydrogen-bond acceptors (Lipinski definition) is 3. The van der Waals surface area contributed by atoms with Gasteiger partial charge in [0.05, 0.1) is 12.3 Å². The molecule has 0 radical (unpaired) electrons. The van der Waals surface area contributed by atoms with Gasteiger partial charge in [-0.2, -0.15) is 0 Å². The number of carbonyl (C=O) groups excluding carboxylic acids is 1. The molecule has 1 aromatic carbocycles. The minimum atomic E-state index is 0.0506. The summed E-state index contributed by atoms with van der Waals surface area (Å²) in [5, 5.41) is 12.5. The fraction of sp³-hybridized carbons (Fsp3) is 0.364. The van der Waals surface area contributed by atoms with Crippen molar-refractivity contribution in [2.45, 2.75) is 13.0 Å². The van der Waals surface area contributed by atoms with Crippen molar-refractivity contribution in [2.75, 3.05) is 18.6 Å². The number of hydrazine groups is 1. The van der Waals surface area contributed by atoms with E-state index in [1.54, 1.807) is 12.1 Å². The van der Waals surface area contributed by atoms with E-state index >= 15 is 0 Å². The van der Waals surface area contributed by atoms with E-state index in [0.717, 1.165) is 17.8 Å². The number of benzene rings is 1. The molecular formula is C11H14N2O2. The molecule has 1 N–H and O–H groups in total. The largest absolute Gasteiger partial charge is 0.392 e. The molecule has 4 heteroatoms. The highest BCUT2D eigenvalue weighted by molar-refractivity contribution is 5.81. The number of amides is 1. The molecule has 15 heavy (non-hydrogen) atoms. The Balaban J connectivity index is 2.19. The molecule has 0 bridgehead atoms. The first-order chi connectivity index (χ1) is 7.22. The van der Waals surface area contributed by atoms with Gasteiger partial charge in [-0.15, -0.1) is 0 Å². The van der Waals surface area contributed by atoms with Crippen LogP contribution in [-0.4, -0.2) is 29.6 Å². The third kappa shape index (κ3) is 1.80. The van der Waals surface area contributed by atoms with E-state index in [4.69, 9.17) is 5.11 Å². The van der Waals surface area contributed by atoms with Crippen LogP contribution in [0.4, 0.5) is 5.69 Å². The van der Waals surface area contributed by atoms with E-state index in [0.29, 0.717) is 6.42 Å². The van der Waals surface area contributed by atoms with Crippen LogP contribution in [0.5, 0.6) is 0 Å². The second-order valence-corrected chi connectivity index (χ2v) is 3.62. The van der Waals surface area contributed by atoms with Gasteiger partial charge in [0.15, 0.2) is 0 Å². The second-order valence-electron chi connectivity index (χ2n) is 3.62. The summed E-state index contributed by atoms with van der Waals surface area (Å²) >= 11 is 0. The van der Waals surface area contributed by atoms with Crippen molar-refractivity contribution in [3.63, 3.8) is 0 Å². The number of nitrogens with zero attached hydrogens (tertiary/aromatic N) is 2. The molecule has 1 aliphatic heterocycles. The molecule has 0 atom stereocenters. The molecule has 0 aromatic heterocycles. The summed E-state index contributed by atoms with van der Waals surface area (Å²) < 4.78 is 0. The molecular weight excluding hydrogens is 192 g/mol. The van der Waals surface area contributed by atoms with E-state index in [-0.39, 0.29) is 12.5 Å². The average molecular weight is 206 g/mol. The first-order valence-electron chi connectivity index (χ1n) is 4.96. The predicted octanol–water partition coefficient (Wildman–Crippen LogP) is 0.762. The number of anilines is 1. The molecule has 4 nitrogen and oxygen atoms in total. The molecule has 1 fully saturated rings. The zero-order valence-corrected chi connectivity index (χ0v) is 8.68. The second kappa shape index (κ2) is 3.90. The van der Waals surface area contributed by atoms with Gasteiger partial charge >= 0.3 is 0 Å². The quantitative estimate of drug-likeness (QED) is 0.777. The average Bonchev–Trinajstić information content (AvgIpc) is 2.60. The Morgan fingerprint density at radius 2 is 2.00 bits per heavy atom. The molecule has 1 aromatic rings. The molecule has 0 unspecified atom stereocenters. The summed E-state index contributed by atoms with van der Waals surface area (Å²) in [6.07, 6.45) is 0.568. The van der Waals surface area contributed by atoms with Gasteiger partial charge in [0.1, 0.15) is 0 Å². The van der Waals surface area contributed by atoms with Gasteiger partial charge in [0.2, 0.25) is 5.91 Å². The van der Waals surface area contributed by atoms with Crippen molar-refractivity contribution in [3.05, 3.63) is 29.8 Å². The maximum Gasteiger partial charge on any atom is 0.242 e. The topological polar surface area (TPSA) is 43.8 Å². The monoisotopic (exact) mass is 206 g/mol. The predicted molar refractivity (Wildman–Crippen MR) is 57.1 cm³/mol. The highest BCUT2D eigenvalue weighted by atomic mass is 16.3. The third-order valence-corrected chi connectivity index (χ3v) is 2.68.